The van der Waals surface area contributed by atoms with Crippen LogP contribution in [0.3, 0.4) is 0 Å². The minimum absolute atomic E-state index is 0.0224. The van der Waals surface area contributed by atoms with E-state index < -0.39 is 15.6 Å². The standard InChI is InChI=1S/C27H35N5O4S/c1-19-15-20(2)18-31(17-19)14-13-25(33)28-22-9-8-12-24(16-22)37(35,36)29-26-21(3)30(4)32(27(26)34)23-10-6-5-7-11-23/h5-12,16,19-20,29H,13-15,17-18H2,1-4H3,(H,28,33). The zero-order valence-electron chi connectivity index (χ0n) is 21.8. The predicted octanol–water partition coefficient (Wildman–Crippen LogP) is 3.59. The molecular weight excluding hydrogens is 490 g/mol. The maximum absolute atomic E-state index is 13.2. The number of nitrogens with zero attached hydrogens (tertiary/aromatic N) is 3. The molecule has 0 aliphatic carbocycles. The van der Waals surface area contributed by atoms with Crippen molar-refractivity contribution < 1.29 is 13.2 Å². The number of likely N-dealkylation sites (tertiary alicyclic amines) is 1. The highest BCUT2D eigenvalue weighted by atomic mass is 32.2. The number of amides is 1. The number of aromatic nitrogens is 2. The first-order chi connectivity index (χ1) is 17.5. The van der Waals surface area contributed by atoms with Crippen molar-refractivity contribution in [2.24, 2.45) is 18.9 Å². The van der Waals surface area contributed by atoms with Crippen molar-refractivity contribution in [1.82, 2.24) is 14.3 Å². The summed E-state index contributed by atoms with van der Waals surface area (Å²) < 4.78 is 31.9. The molecule has 0 radical (unpaired) electrons. The fourth-order valence-electron chi connectivity index (χ4n) is 5.08. The van der Waals surface area contributed by atoms with Crippen LogP contribution in [0, 0.1) is 18.8 Å². The number of hydrogen-bond acceptors (Lipinski definition) is 5. The summed E-state index contributed by atoms with van der Waals surface area (Å²) in [5, 5.41) is 2.81. The van der Waals surface area contributed by atoms with Gasteiger partial charge in [0.25, 0.3) is 15.6 Å². The average Bonchev–Trinajstić information content (AvgIpc) is 3.05. The number of hydrogen-bond donors (Lipinski definition) is 2. The van der Waals surface area contributed by atoms with Gasteiger partial charge in [-0.25, -0.2) is 13.1 Å². The SMILES string of the molecule is Cc1c(NS(=O)(=O)c2cccc(NC(=O)CCN3CC(C)CC(C)C3)c2)c(=O)n(-c2ccccc2)n1C. The zero-order valence-corrected chi connectivity index (χ0v) is 22.6. The molecular formula is C27H35N5O4S. The molecule has 9 nitrogen and oxygen atoms in total. The van der Waals surface area contributed by atoms with Gasteiger partial charge in [-0.2, -0.15) is 0 Å². The number of sulfonamides is 1. The minimum atomic E-state index is -4.08. The van der Waals surface area contributed by atoms with E-state index >= 15 is 0 Å². The zero-order chi connectivity index (χ0) is 26.7. The Hall–Kier alpha value is -3.37. The Morgan fingerprint density at radius 1 is 1.03 bits per heavy atom. The number of carbonyl (C=O) groups excluding carboxylic acids is 1. The van der Waals surface area contributed by atoms with Crippen LogP contribution in [0.4, 0.5) is 11.4 Å². The number of benzene rings is 2. The minimum Gasteiger partial charge on any atom is -0.326 e. The van der Waals surface area contributed by atoms with E-state index in [1.165, 1.54) is 23.2 Å². The maximum atomic E-state index is 13.2. The van der Waals surface area contributed by atoms with Gasteiger partial charge < -0.3 is 10.2 Å². The van der Waals surface area contributed by atoms with E-state index in [0.29, 0.717) is 41.9 Å². The number of carbonyl (C=O) groups is 1. The van der Waals surface area contributed by atoms with E-state index in [4.69, 9.17) is 0 Å². The van der Waals surface area contributed by atoms with Gasteiger partial charge in [0.1, 0.15) is 5.69 Å². The van der Waals surface area contributed by atoms with Crippen molar-refractivity contribution in [1.29, 1.82) is 0 Å². The van der Waals surface area contributed by atoms with Crippen LogP contribution >= 0.6 is 0 Å². The van der Waals surface area contributed by atoms with Gasteiger partial charge >= 0.3 is 0 Å². The Labute approximate surface area is 218 Å². The van der Waals surface area contributed by atoms with Gasteiger partial charge in [0.2, 0.25) is 5.91 Å². The van der Waals surface area contributed by atoms with E-state index in [1.807, 2.05) is 6.07 Å². The van der Waals surface area contributed by atoms with Crippen molar-refractivity contribution in [3.63, 3.8) is 0 Å². The van der Waals surface area contributed by atoms with Crippen LogP contribution in [0.1, 0.15) is 32.4 Å². The van der Waals surface area contributed by atoms with Crippen LogP contribution in [0.15, 0.2) is 64.3 Å². The molecule has 0 spiro atoms. The molecule has 1 amide bonds. The summed E-state index contributed by atoms with van der Waals surface area (Å²) in [4.78, 5) is 28.0. The summed E-state index contributed by atoms with van der Waals surface area (Å²) in [6, 6.07) is 15.1. The monoisotopic (exact) mass is 525 g/mol. The Kier molecular flexibility index (Phi) is 7.89. The lowest BCUT2D eigenvalue weighted by atomic mass is 9.92. The lowest BCUT2D eigenvalue weighted by Gasteiger charge is -2.34. The molecule has 2 heterocycles. The van der Waals surface area contributed by atoms with E-state index in [1.54, 1.807) is 55.1 Å². The highest BCUT2D eigenvalue weighted by Crippen LogP contribution is 2.22. The summed E-state index contributed by atoms with van der Waals surface area (Å²) in [5.41, 5.74) is 0.996. The second-order valence-corrected chi connectivity index (χ2v) is 11.8. The molecule has 1 aromatic heterocycles. The topological polar surface area (TPSA) is 105 Å². The van der Waals surface area contributed by atoms with Crippen LogP contribution in [-0.2, 0) is 21.9 Å². The molecule has 0 saturated carbocycles. The van der Waals surface area contributed by atoms with E-state index in [9.17, 15) is 18.0 Å². The maximum Gasteiger partial charge on any atom is 0.296 e. The number of para-hydroxylation sites is 1. The summed E-state index contributed by atoms with van der Waals surface area (Å²) in [5.74, 6) is 1.07. The number of rotatable bonds is 8. The first kappa shape index (κ1) is 26.7. The fourth-order valence-corrected chi connectivity index (χ4v) is 6.24. The van der Waals surface area contributed by atoms with Crippen molar-refractivity contribution in [3.05, 3.63) is 70.6 Å². The number of piperidine rings is 1. The molecule has 1 aliphatic rings. The van der Waals surface area contributed by atoms with Gasteiger partial charge in [-0.1, -0.05) is 38.1 Å². The normalized spacial score (nSPS) is 18.5. The van der Waals surface area contributed by atoms with E-state index in [2.05, 4.69) is 28.8 Å². The molecule has 10 heteroatoms. The molecule has 3 aromatic rings. The third-order valence-electron chi connectivity index (χ3n) is 6.82. The molecule has 2 aromatic carbocycles. The Balaban J connectivity index is 1.47. The lowest BCUT2D eigenvalue weighted by Crippen LogP contribution is -2.40. The first-order valence-electron chi connectivity index (χ1n) is 12.5. The quantitative estimate of drug-likeness (QED) is 0.468. The molecule has 0 bridgehead atoms. The summed E-state index contributed by atoms with van der Waals surface area (Å²) >= 11 is 0. The van der Waals surface area contributed by atoms with Crippen LogP contribution in [0.5, 0.6) is 0 Å². The van der Waals surface area contributed by atoms with Gasteiger partial charge in [0, 0.05) is 38.8 Å². The second kappa shape index (κ2) is 10.9. The third-order valence-corrected chi connectivity index (χ3v) is 8.17. The summed E-state index contributed by atoms with van der Waals surface area (Å²) in [6.45, 7) is 8.79. The summed E-state index contributed by atoms with van der Waals surface area (Å²) in [7, 11) is -2.38. The van der Waals surface area contributed by atoms with Crippen LogP contribution < -0.4 is 15.6 Å². The molecule has 37 heavy (non-hydrogen) atoms. The summed E-state index contributed by atoms with van der Waals surface area (Å²) in [6.07, 6.45) is 1.54. The average molecular weight is 526 g/mol. The molecule has 1 fully saturated rings. The van der Waals surface area contributed by atoms with Gasteiger partial charge in [-0.05, 0) is 55.5 Å². The third kappa shape index (κ3) is 6.14. The molecule has 2 unspecified atom stereocenters. The van der Waals surface area contributed by atoms with Gasteiger partial charge in [-0.15, -0.1) is 0 Å². The van der Waals surface area contributed by atoms with Crippen molar-refractivity contribution in [3.8, 4) is 5.69 Å². The number of anilines is 2. The van der Waals surface area contributed by atoms with Gasteiger partial charge in [-0.3, -0.25) is 19.0 Å². The Morgan fingerprint density at radius 2 is 1.70 bits per heavy atom. The van der Waals surface area contributed by atoms with Crippen LogP contribution in [-0.4, -0.2) is 48.2 Å². The molecule has 1 saturated heterocycles. The number of nitrogens with one attached hydrogen (secondary N) is 2. The van der Waals surface area contributed by atoms with Crippen LogP contribution in [0.2, 0.25) is 0 Å². The van der Waals surface area contributed by atoms with Crippen molar-refractivity contribution in [2.75, 3.05) is 29.7 Å². The van der Waals surface area contributed by atoms with Crippen molar-refractivity contribution in [2.45, 2.75) is 38.5 Å². The van der Waals surface area contributed by atoms with Gasteiger partial charge in [0.15, 0.2) is 0 Å². The molecule has 198 valence electrons. The van der Waals surface area contributed by atoms with Crippen LogP contribution in [0.25, 0.3) is 5.69 Å². The largest absolute Gasteiger partial charge is 0.326 e. The predicted molar refractivity (Wildman–Crippen MR) is 146 cm³/mol. The van der Waals surface area contributed by atoms with Crippen molar-refractivity contribution >= 4 is 27.3 Å². The molecule has 2 N–H and O–H groups in total. The molecule has 1 aliphatic heterocycles. The molecule has 4 rings (SSSR count). The van der Waals surface area contributed by atoms with E-state index in [0.717, 1.165) is 13.1 Å². The fraction of sp³-hybridized carbons (Fsp3) is 0.407. The first-order valence-corrected chi connectivity index (χ1v) is 14.0. The van der Waals surface area contributed by atoms with Gasteiger partial charge in [0.05, 0.1) is 16.3 Å². The smallest absolute Gasteiger partial charge is 0.296 e. The Morgan fingerprint density at radius 3 is 2.38 bits per heavy atom. The molecule has 2 atom stereocenters. The van der Waals surface area contributed by atoms with E-state index in [-0.39, 0.29) is 16.5 Å². The highest BCUT2D eigenvalue weighted by molar-refractivity contribution is 7.92. The Bertz CT molecular complexity index is 1420. The second-order valence-electron chi connectivity index (χ2n) is 10.1. The highest BCUT2D eigenvalue weighted by Gasteiger charge is 2.24. The lowest BCUT2D eigenvalue weighted by molar-refractivity contribution is -0.116.